The Morgan fingerprint density at radius 3 is 2.28 bits per heavy atom. The highest BCUT2D eigenvalue weighted by molar-refractivity contribution is 7.91. The molecule has 0 spiro atoms. The summed E-state index contributed by atoms with van der Waals surface area (Å²) in [6, 6.07) is 11.7. The Morgan fingerprint density at radius 1 is 0.906 bits per heavy atom. The fraction of sp³-hybridized carbons (Fsp3) is 0.350. The lowest BCUT2D eigenvalue weighted by atomic mass is 10.2. The van der Waals surface area contributed by atoms with E-state index in [4.69, 9.17) is 0 Å². The molecule has 2 aromatic carbocycles. The third-order valence-electron chi connectivity index (χ3n) is 5.40. The SMILES string of the molecule is O=S(=O)(CCC1=NS(=O)(=O)c2cc(S(=O)(=O)N3CCCCC3)ccc2N1)c1ccccc1. The smallest absolute Gasteiger partial charge is 0.286 e. The first-order chi connectivity index (χ1) is 15.1. The van der Waals surface area contributed by atoms with Crippen molar-refractivity contribution in [3.63, 3.8) is 0 Å². The zero-order valence-corrected chi connectivity index (χ0v) is 19.6. The molecular formula is C20H23N3O6S3. The highest BCUT2D eigenvalue weighted by Crippen LogP contribution is 2.32. The minimum Gasteiger partial charge on any atom is -0.342 e. The number of rotatable bonds is 6. The first-order valence-electron chi connectivity index (χ1n) is 10.1. The molecule has 2 aliphatic heterocycles. The van der Waals surface area contributed by atoms with Crippen LogP contribution < -0.4 is 5.32 Å². The number of nitrogens with zero attached hydrogens (tertiary/aromatic N) is 2. The fourth-order valence-electron chi connectivity index (χ4n) is 3.69. The Labute approximate surface area is 188 Å². The zero-order chi connectivity index (χ0) is 23.0. The first-order valence-corrected chi connectivity index (χ1v) is 14.7. The third kappa shape index (κ3) is 4.58. The molecule has 4 rings (SSSR count). The number of sulfone groups is 1. The van der Waals surface area contributed by atoms with Gasteiger partial charge in [0.2, 0.25) is 10.0 Å². The van der Waals surface area contributed by atoms with Gasteiger partial charge in [0.05, 0.1) is 21.2 Å². The highest BCUT2D eigenvalue weighted by Gasteiger charge is 2.31. The lowest BCUT2D eigenvalue weighted by Crippen LogP contribution is -2.35. The van der Waals surface area contributed by atoms with E-state index in [0.717, 1.165) is 25.3 Å². The van der Waals surface area contributed by atoms with Crippen LogP contribution in [0.25, 0.3) is 0 Å². The Bertz CT molecular complexity index is 1360. The number of piperidine rings is 1. The Morgan fingerprint density at radius 2 is 1.59 bits per heavy atom. The maximum Gasteiger partial charge on any atom is 0.286 e. The van der Waals surface area contributed by atoms with Crippen molar-refractivity contribution < 1.29 is 25.3 Å². The van der Waals surface area contributed by atoms with Crippen LogP contribution in [0.15, 0.2) is 67.6 Å². The minimum atomic E-state index is -4.19. The Hall–Kier alpha value is -2.28. The molecule has 0 bridgehead atoms. The van der Waals surface area contributed by atoms with Crippen LogP contribution in [0.2, 0.25) is 0 Å². The first kappa shape index (κ1) is 22.9. The summed E-state index contributed by atoms with van der Waals surface area (Å²) >= 11 is 0. The quantitative estimate of drug-likeness (QED) is 0.648. The molecule has 0 amide bonds. The lowest BCUT2D eigenvalue weighted by molar-refractivity contribution is 0.346. The van der Waals surface area contributed by atoms with Crippen LogP contribution in [0.5, 0.6) is 0 Å². The van der Waals surface area contributed by atoms with Gasteiger partial charge in [-0.05, 0) is 43.2 Å². The van der Waals surface area contributed by atoms with Crippen LogP contribution in [-0.2, 0) is 29.9 Å². The van der Waals surface area contributed by atoms with Crippen LogP contribution in [0.3, 0.4) is 0 Å². The number of benzene rings is 2. The van der Waals surface area contributed by atoms with E-state index >= 15 is 0 Å². The predicted molar refractivity (Wildman–Crippen MR) is 120 cm³/mol. The zero-order valence-electron chi connectivity index (χ0n) is 17.1. The van der Waals surface area contributed by atoms with Crippen molar-refractivity contribution in [3.8, 4) is 0 Å². The van der Waals surface area contributed by atoms with Crippen molar-refractivity contribution in [3.05, 3.63) is 48.5 Å². The summed E-state index contributed by atoms with van der Waals surface area (Å²) in [4.78, 5) is -0.202. The highest BCUT2D eigenvalue weighted by atomic mass is 32.2. The molecule has 0 atom stereocenters. The number of fused-ring (bicyclic) bond motifs is 1. The van der Waals surface area contributed by atoms with Crippen molar-refractivity contribution in [2.24, 2.45) is 4.40 Å². The van der Waals surface area contributed by atoms with Crippen molar-refractivity contribution in [2.45, 2.75) is 40.4 Å². The Kier molecular flexibility index (Phi) is 6.14. The molecule has 32 heavy (non-hydrogen) atoms. The average Bonchev–Trinajstić information content (AvgIpc) is 2.78. The van der Waals surface area contributed by atoms with Gasteiger partial charge in [0.25, 0.3) is 10.0 Å². The summed E-state index contributed by atoms with van der Waals surface area (Å²) in [5.41, 5.74) is 0.171. The summed E-state index contributed by atoms with van der Waals surface area (Å²) in [7, 11) is -11.6. The predicted octanol–water partition coefficient (Wildman–Crippen LogP) is 2.24. The van der Waals surface area contributed by atoms with Gasteiger partial charge in [-0.25, -0.2) is 16.8 Å². The number of hydrogen-bond acceptors (Lipinski definition) is 7. The minimum absolute atomic E-state index is 0.0105. The van der Waals surface area contributed by atoms with E-state index in [1.54, 1.807) is 18.2 Å². The van der Waals surface area contributed by atoms with E-state index in [2.05, 4.69) is 9.71 Å². The molecule has 0 saturated carbocycles. The molecule has 2 aliphatic rings. The summed E-state index contributed by atoms with van der Waals surface area (Å²) < 4.78 is 81.3. The van der Waals surface area contributed by atoms with Gasteiger partial charge < -0.3 is 5.32 Å². The number of hydrogen-bond donors (Lipinski definition) is 1. The monoisotopic (exact) mass is 497 g/mol. The molecule has 0 radical (unpaired) electrons. The van der Waals surface area contributed by atoms with E-state index in [1.165, 1.54) is 28.6 Å². The second kappa shape index (κ2) is 8.58. The van der Waals surface area contributed by atoms with Gasteiger partial charge >= 0.3 is 0 Å². The molecule has 0 unspecified atom stereocenters. The molecule has 12 heteroatoms. The lowest BCUT2D eigenvalue weighted by Gasteiger charge is -2.26. The molecular weight excluding hydrogens is 474 g/mol. The van der Waals surface area contributed by atoms with E-state index in [1.807, 2.05) is 0 Å². The number of amidine groups is 1. The third-order valence-corrected chi connectivity index (χ3v) is 10.4. The number of sulfonamides is 2. The standard InChI is InChI=1S/C20H23N3O6S3/c24-30(25,16-7-3-1-4-8-16)14-11-20-21-18-10-9-17(15-19(18)31(26,27)22-20)32(28,29)23-12-5-2-6-13-23/h1,3-4,7-10,15H,2,5-6,11-14H2,(H,21,22). The normalized spacial score (nSPS) is 18.9. The number of nitrogens with one attached hydrogen (secondary N) is 1. The average molecular weight is 498 g/mol. The molecule has 2 aromatic rings. The van der Waals surface area contributed by atoms with Crippen LogP contribution in [-0.4, -0.2) is 54.2 Å². The van der Waals surface area contributed by atoms with Gasteiger partial charge in [-0.15, -0.1) is 4.40 Å². The van der Waals surface area contributed by atoms with Crippen molar-refractivity contribution in [1.82, 2.24) is 4.31 Å². The second-order valence-electron chi connectivity index (χ2n) is 7.64. The van der Waals surface area contributed by atoms with Crippen LogP contribution in [0.1, 0.15) is 25.7 Å². The van der Waals surface area contributed by atoms with E-state index < -0.39 is 29.9 Å². The van der Waals surface area contributed by atoms with Crippen LogP contribution >= 0.6 is 0 Å². The van der Waals surface area contributed by atoms with Crippen molar-refractivity contribution in [2.75, 3.05) is 24.2 Å². The molecule has 0 aliphatic carbocycles. The van der Waals surface area contributed by atoms with Crippen LogP contribution in [0.4, 0.5) is 5.69 Å². The molecule has 1 saturated heterocycles. The fourth-order valence-corrected chi connectivity index (χ4v) is 7.78. The molecule has 9 nitrogen and oxygen atoms in total. The van der Waals surface area contributed by atoms with E-state index in [-0.39, 0.29) is 38.4 Å². The summed E-state index contributed by atoms with van der Waals surface area (Å²) in [5.74, 6) is -0.335. The van der Waals surface area contributed by atoms with Gasteiger partial charge in [0.1, 0.15) is 10.7 Å². The van der Waals surface area contributed by atoms with Crippen molar-refractivity contribution >= 4 is 41.4 Å². The van der Waals surface area contributed by atoms with Gasteiger partial charge in [0, 0.05) is 19.5 Å². The molecule has 0 aromatic heterocycles. The van der Waals surface area contributed by atoms with Gasteiger partial charge in [-0.1, -0.05) is 24.6 Å². The second-order valence-corrected chi connectivity index (χ2v) is 13.3. The topological polar surface area (TPSA) is 130 Å². The molecule has 2 heterocycles. The molecule has 1 fully saturated rings. The summed E-state index contributed by atoms with van der Waals surface area (Å²) in [6.07, 6.45) is 2.36. The van der Waals surface area contributed by atoms with Gasteiger partial charge in [-0.2, -0.15) is 12.7 Å². The summed E-state index contributed by atoms with van der Waals surface area (Å²) in [5, 5.41) is 2.83. The molecule has 1 N–H and O–H groups in total. The molecule has 172 valence electrons. The largest absolute Gasteiger partial charge is 0.342 e. The number of anilines is 1. The van der Waals surface area contributed by atoms with Gasteiger partial charge in [-0.3, -0.25) is 0 Å². The van der Waals surface area contributed by atoms with E-state index in [9.17, 15) is 25.3 Å². The van der Waals surface area contributed by atoms with Crippen LogP contribution in [0, 0.1) is 0 Å². The van der Waals surface area contributed by atoms with E-state index in [0.29, 0.717) is 13.1 Å². The van der Waals surface area contributed by atoms with Crippen molar-refractivity contribution in [1.29, 1.82) is 0 Å². The Balaban J connectivity index is 1.57. The maximum atomic E-state index is 12.9. The summed E-state index contributed by atoms with van der Waals surface area (Å²) in [6.45, 7) is 0.811. The van der Waals surface area contributed by atoms with Gasteiger partial charge in [0.15, 0.2) is 9.84 Å². The maximum absolute atomic E-state index is 12.9.